The SMILES string of the molecule is CNC1(C)CC2(CCCN3CC2n2cc(C(N)=O)c(=O)cc2C3=O)ON1Cc1c(F)cc(F)cc1F. The molecule has 12 heteroatoms. The van der Waals surface area contributed by atoms with Crippen LogP contribution in [0.5, 0.6) is 0 Å². The minimum atomic E-state index is -1.03. The lowest BCUT2D eigenvalue weighted by Gasteiger charge is -2.41. The molecular formula is C24H26F3N5O4. The van der Waals surface area contributed by atoms with Crippen molar-refractivity contribution in [3.8, 4) is 0 Å². The monoisotopic (exact) mass is 505 g/mol. The highest BCUT2D eigenvalue weighted by Crippen LogP contribution is 2.50. The summed E-state index contributed by atoms with van der Waals surface area (Å²) in [7, 11) is 1.69. The van der Waals surface area contributed by atoms with Gasteiger partial charge in [-0.1, -0.05) is 0 Å². The van der Waals surface area contributed by atoms with Crippen molar-refractivity contribution in [3.63, 3.8) is 0 Å². The van der Waals surface area contributed by atoms with Gasteiger partial charge in [0.1, 0.15) is 34.3 Å². The summed E-state index contributed by atoms with van der Waals surface area (Å²) in [6.45, 7) is 2.19. The van der Waals surface area contributed by atoms with Crippen LogP contribution in [0.2, 0.25) is 0 Å². The molecule has 2 aromatic rings. The molecule has 2 fully saturated rings. The zero-order chi connectivity index (χ0) is 26.0. The van der Waals surface area contributed by atoms with Crippen LogP contribution in [0.15, 0.2) is 29.2 Å². The molecule has 36 heavy (non-hydrogen) atoms. The first-order valence-electron chi connectivity index (χ1n) is 11.6. The molecule has 1 spiro atoms. The Kier molecular flexibility index (Phi) is 5.73. The summed E-state index contributed by atoms with van der Waals surface area (Å²) in [6, 6.07) is 1.84. The van der Waals surface area contributed by atoms with Crippen LogP contribution >= 0.6 is 0 Å². The van der Waals surface area contributed by atoms with Crippen LogP contribution in [0, 0.1) is 17.5 Å². The van der Waals surface area contributed by atoms with Gasteiger partial charge in [-0.05, 0) is 26.8 Å². The van der Waals surface area contributed by atoms with E-state index in [1.165, 1.54) is 11.3 Å². The first kappa shape index (κ1) is 24.5. The molecule has 1 aromatic carbocycles. The van der Waals surface area contributed by atoms with Crippen LogP contribution in [0.3, 0.4) is 0 Å². The number of carbonyl (C=O) groups is 2. The Morgan fingerprint density at radius 2 is 1.92 bits per heavy atom. The van der Waals surface area contributed by atoms with E-state index in [4.69, 9.17) is 10.6 Å². The molecule has 2 bridgehead atoms. The van der Waals surface area contributed by atoms with Gasteiger partial charge in [0.15, 0.2) is 5.43 Å². The van der Waals surface area contributed by atoms with Crippen LogP contribution in [-0.2, 0) is 11.4 Å². The number of hydrogen-bond acceptors (Lipinski definition) is 6. The lowest BCUT2D eigenvalue weighted by molar-refractivity contribution is -0.244. The standard InChI is InChI=1S/C24H26F3N5O4/c1-23(29-2)12-24(36-32(23)10-14-16(26)6-13(25)7-17(14)27)4-3-5-30-11-20(24)31-9-15(21(28)34)19(33)8-18(31)22(30)35/h6-9,20,29H,3-5,10-12H2,1-2H3,(H2,28,34). The van der Waals surface area contributed by atoms with Crippen molar-refractivity contribution in [1.82, 2.24) is 19.8 Å². The first-order valence-corrected chi connectivity index (χ1v) is 11.6. The van der Waals surface area contributed by atoms with Gasteiger partial charge in [-0.15, -0.1) is 0 Å². The average molecular weight is 505 g/mol. The number of fused-ring (bicyclic) bond motifs is 5. The summed E-state index contributed by atoms with van der Waals surface area (Å²) in [5.41, 5.74) is 2.43. The van der Waals surface area contributed by atoms with Crippen LogP contribution in [0.1, 0.15) is 58.6 Å². The molecule has 3 unspecified atom stereocenters. The number of nitrogens with zero attached hydrogens (tertiary/aromatic N) is 3. The summed E-state index contributed by atoms with van der Waals surface area (Å²) >= 11 is 0. The summed E-state index contributed by atoms with van der Waals surface area (Å²) in [4.78, 5) is 45.6. The maximum atomic E-state index is 14.5. The van der Waals surface area contributed by atoms with Crippen molar-refractivity contribution in [3.05, 3.63) is 68.9 Å². The molecule has 2 saturated heterocycles. The average Bonchev–Trinajstić information content (AvgIpc) is 2.99. The number of benzene rings is 1. The van der Waals surface area contributed by atoms with E-state index in [0.717, 1.165) is 6.07 Å². The van der Waals surface area contributed by atoms with E-state index in [2.05, 4.69) is 5.32 Å². The van der Waals surface area contributed by atoms with Crippen LogP contribution < -0.4 is 16.5 Å². The highest BCUT2D eigenvalue weighted by molar-refractivity contribution is 5.96. The number of aromatic nitrogens is 1. The second-order valence-electron chi connectivity index (χ2n) is 9.82. The number of hydroxylamine groups is 2. The highest BCUT2D eigenvalue weighted by Gasteiger charge is 2.58. The van der Waals surface area contributed by atoms with Gasteiger partial charge in [0.05, 0.1) is 18.2 Å². The number of carbonyl (C=O) groups excluding carboxylic acids is 2. The Hall–Kier alpha value is -3.22. The zero-order valence-electron chi connectivity index (χ0n) is 19.8. The third-order valence-electron chi connectivity index (χ3n) is 7.65. The van der Waals surface area contributed by atoms with Gasteiger partial charge >= 0.3 is 0 Å². The quantitative estimate of drug-likeness (QED) is 0.654. The Morgan fingerprint density at radius 3 is 2.56 bits per heavy atom. The van der Waals surface area contributed by atoms with Crippen molar-refractivity contribution in [2.75, 3.05) is 20.1 Å². The van der Waals surface area contributed by atoms with Crippen molar-refractivity contribution in [2.24, 2.45) is 5.73 Å². The minimum Gasteiger partial charge on any atom is -0.365 e. The lowest BCUT2D eigenvalue weighted by Crippen LogP contribution is -2.52. The summed E-state index contributed by atoms with van der Waals surface area (Å²) < 4.78 is 44.1. The molecule has 0 radical (unpaired) electrons. The van der Waals surface area contributed by atoms with Gasteiger partial charge in [-0.25, -0.2) is 13.2 Å². The second kappa shape index (κ2) is 8.43. The highest BCUT2D eigenvalue weighted by atomic mass is 19.1. The fourth-order valence-electron chi connectivity index (χ4n) is 5.68. The maximum absolute atomic E-state index is 14.5. The number of hydrogen-bond donors (Lipinski definition) is 2. The first-order chi connectivity index (χ1) is 17.0. The van der Waals surface area contributed by atoms with E-state index in [9.17, 15) is 27.6 Å². The molecular weight excluding hydrogens is 479 g/mol. The van der Waals surface area contributed by atoms with Gasteiger partial charge in [-0.3, -0.25) is 19.2 Å². The number of rotatable bonds is 4. The second-order valence-corrected chi connectivity index (χ2v) is 9.82. The number of pyridine rings is 1. The Morgan fingerprint density at radius 1 is 1.22 bits per heavy atom. The molecule has 3 aliphatic rings. The Bertz CT molecular complexity index is 1310. The largest absolute Gasteiger partial charge is 0.365 e. The summed E-state index contributed by atoms with van der Waals surface area (Å²) in [6.07, 6.45) is 2.72. The van der Waals surface area contributed by atoms with Crippen molar-refractivity contribution in [2.45, 2.75) is 50.0 Å². The molecule has 0 saturated carbocycles. The minimum absolute atomic E-state index is 0.117. The van der Waals surface area contributed by atoms with Crippen molar-refractivity contribution < 1.29 is 27.6 Å². The topological polar surface area (TPSA) is 110 Å². The fraction of sp³-hybridized carbons (Fsp3) is 0.458. The number of nitrogens with one attached hydrogen (secondary N) is 1. The van der Waals surface area contributed by atoms with Crippen molar-refractivity contribution in [1.29, 1.82) is 0 Å². The molecule has 0 aliphatic carbocycles. The van der Waals surface area contributed by atoms with Crippen LogP contribution in [0.25, 0.3) is 0 Å². The molecule has 4 heterocycles. The molecule has 3 aliphatic heterocycles. The van der Waals surface area contributed by atoms with Gasteiger partial charge in [0, 0.05) is 49.5 Å². The van der Waals surface area contributed by atoms with Gasteiger partial charge in [0.2, 0.25) is 0 Å². The number of amides is 2. The Balaban J connectivity index is 1.60. The maximum Gasteiger partial charge on any atom is 0.270 e. The van der Waals surface area contributed by atoms with Gasteiger partial charge in [-0.2, -0.15) is 5.06 Å². The van der Waals surface area contributed by atoms with E-state index in [1.54, 1.807) is 16.5 Å². The lowest BCUT2D eigenvalue weighted by atomic mass is 9.82. The van der Waals surface area contributed by atoms with Crippen molar-refractivity contribution >= 4 is 11.8 Å². The normalized spacial score (nSPS) is 27.9. The number of nitrogens with two attached hydrogens (primary N) is 1. The molecule has 192 valence electrons. The third-order valence-corrected chi connectivity index (χ3v) is 7.65. The van der Waals surface area contributed by atoms with Crippen LogP contribution in [-0.4, -0.2) is 57.7 Å². The van der Waals surface area contributed by atoms with Gasteiger partial charge in [0.25, 0.3) is 11.8 Å². The van der Waals surface area contributed by atoms with E-state index >= 15 is 0 Å². The summed E-state index contributed by atoms with van der Waals surface area (Å²) in [5.74, 6) is -4.32. The molecule has 9 nitrogen and oxygen atoms in total. The third kappa shape index (κ3) is 3.71. The smallest absolute Gasteiger partial charge is 0.270 e. The summed E-state index contributed by atoms with van der Waals surface area (Å²) in [5, 5.41) is 4.61. The molecule has 5 rings (SSSR count). The van der Waals surface area contributed by atoms with Gasteiger partial charge < -0.3 is 20.5 Å². The van der Waals surface area contributed by atoms with E-state index < -0.39 is 46.1 Å². The number of halogens is 3. The predicted octanol–water partition coefficient (Wildman–Crippen LogP) is 1.67. The molecule has 2 amide bonds. The van der Waals surface area contributed by atoms with Crippen LogP contribution in [0.4, 0.5) is 13.2 Å². The van der Waals surface area contributed by atoms with E-state index in [0.29, 0.717) is 37.9 Å². The number of primary amides is 1. The molecule has 1 aromatic heterocycles. The predicted molar refractivity (Wildman–Crippen MR) is 121 cm³/mol. The fourth-order valence-corrected chi connectivity index (χ4v) is 5.68. The molecule has 3 atom stereocenters. The van der Waals surface area contributed by atoms with E-state index in [-0.39, 0.29) is 35.8 Å². The van der Waals surface area contributed by atoms with E-state index in [1.807, 2.05) is 6.92 Å². The molecule has 3 N–H and O–H groups in total. The zero-order valence-corrected chi connectivity index (χ0v) is 19.8. The Labute approximate surface area is 204 Å².